The van der Waals surface area contributed by atoms with Gasteiger partial charge < -0.3 is 11.5 Å². The molecule has 0 atom stereocenters. The molecular formula is C6H8N4O. The van der Waals surface area contributed by atoms with Crippen molar-refractivity contribution in [2.45, 2.75) is 6.92 Å². The first-order valence-electron chi connectivity index (χ1n) is 3.00. The number of aromatic nitrogens is 2. The van der Waals surface area contributed by atoms with Crippen molar-refractivity contribution in [2.24, 2.45) is 5.73 Å². The number of rotatable bonds is 1. The largest absolute Gasteiger partial charge is 0.382 e. The third-order valence-corrected chi connectivity index (χ3v) is 1.24. The first-order valence-corrected chi connectivity index (χ1v) is 3.00. The molecule has 1 rings (SSSR count). The zero-order valence-electron chi connectivity index (χ0n) is 6.03. The maximum atomic E-state index is 10.5. The van der Waals surface area contributed by atoms with Gasteiger partial charge >= 0.3 is 0 Å². The minimum absolute atomic E-state index is 0.136. The Balaban J connectivity index is 3.15. The minimum atomic E-state index is -0.597. The highest BCUT2D eigenvalue weighted by molar-refractivity contribution is 5.90. The van der Waals surface area contributed by atoms with Crippen molar-refractivity contribution in [3.63, 3.8) is 0 Å². The van der Waals surface area contributed by atoms with E-state index < -0.39 is 5.91 Å². The second-order valence-electron chi connectivity index (χ2n) is 2.09. The van der Waals surface area contributed by atoms with Crippen LogP contribution < -0.4 is 11.5 Å². The number of primary amides is 1. The second kappa shape index (κ2) is 2.53. The number of anilines is 1. The molecule has 0 unspecified atom stereocenters. The van der Waals surface area contributed by atoms with E-state index in [1.54, 1.807) is 6.92 Å². The van der Waals surface area contributed by atoms with Gasteiger partial charge in [0.05, 0.1) is 11.9 Å². The molecule has 0 saturated heterocycles. The molecule has 5 nitrogen and oxygen atoms in total. The van der Waals surface area contributed by atoms with Crippen molar-refractivity contribution in [3.8, 4) is 0 Å². The molecule has 0 aliphatic heterocycles. The van der Waals surface area contributed by atoms with Crippen LogP contribution in [0.25, 0.3) is 0 Å². The molecule has 0 spiro atoms. The van der Waals surface area contributed by atoms with Crippen LogP contribution in [0.1, 0.15) is 16.2 Å². The summed E-state index contributed by atoms with van der Waals surface area (Å²) in [5.74, 6) is -0.282. The van der Waals surface area contributed by atoms with Gasteiger partial charge in [-0.2, -0.15) is 0 Å². The van der Waals surface area contributed by atoms with Crippen LogP contribution >= 0.6 is 0 Å². The molecule has 11 heavy (non-hydrogen) atoms. The van der Waals surface area contributed by atoms with Crippen LogP contribution in [0.2, 0.25) is 0 Å². The number of amides is 1. The Morgan fingerprint density at radius 2 is 2.27 bits per heavy atom. The molecular weight excluding hydrogens is 144 g/mol. The van der Waals surface area contributed by atoms with Gasteiger partial charge in [0.15, 0.2) is 0 Å². The summed E-state index contributed by atoms with van der Waals surface area (Å²) in [6, 6.07) is 0. The Morgan fingerprint density at radius 3 is 2.73 bits per heavy atom. The molecule has 1 aromatic rings. The number of nitrogens with two attached hydrogens (primary N) is 2. The number of aryl methyl sites for hydroxylation is 1. The third-order valence-electron chi connectivity index (χ3n) is 1.24. The van der Waals surface area contributed by atoms with Crippen LogP contribution in [-0.2, 0) is 0 Å². The molecule has 1 amide bonds. The van der Waals surface area contributed by atoms with Crippen molar-refractivity contribution in [2.75, 3.05) is 5.73 Å². The van der Waals surface area contributed by atoms with Gasteiger partial charge in [0.2, 0.25) is 0 Å². The standard InChI is InChI=1S/C6H8N4O/c1-3-5(7)9-2-4(10-3)6(8)11/h2H,1H3,(H2,7,9)(H2,8,11). The van der Waals surface area contributed by atoms with Crippen LogP contribution in [-0.4, -0.2) is 15.9 Å². The maximum absolute atomic E-state index is 10.5. The van der Waals surface area contributed by atoms with E-state index in [1.807, 2.05) is 0 Å². The molecule has 0 bridgehead atoms. The Morgan fingerprint density at radius 1 is 1.64 bits per heavy atom. The quantitative estimate of drug-likeness (QED) is 0.565. The summed E-state index contributed by atoms with van der Waals surface area (Å²) in [4.78, 5) is 18.1. The van der Waals surface area contributed by atoms with E-state index in [-0.39, 0.29) is 5.69 Å². The predicted molar refractivity (Wildman–Crippen MR) is 39.7 cm³/mol. The first-order chi connectivity index (χ1) is 5.11. The van der Waals surface area contributed by atoms with Crippen molar-refractivity contribution in [1.82, 2.24) is 9.97 Å². The van der Waals surface area contributed by atoms with E-state index in [9.17, 15) is 4.79 Å². The number of hydrogen-bond acceptors (Lipinski definition) is 4. The average molecular weight is 152 g/mol. The summed E-state index contributed by atoms with van der Waals surface area (Å²) in [7, 11) is 0. The van der Waals surface area contributed by atoms with Gasteiger partial charge in [0.25, 0.3) is 5.91 Å². The normalized spacial score (nSPS) is 9.55. The van der Waals surface area contributed by atoms with Crippen molar-refractivity contribution >= 4 is 11.7 Å². The van der Waals surface area contributed by atoms with Gasteiger partial charge in [-0.3, -0.25) is 4.79 Å². The molecule has 1 heterocycles. The fraction of sp³-hybridized carbons (Fsp3) is 0.167. The molecule has 0 saturated carbocycles. The lowest BCUT2D eigenvalue weighted by Gasteiger charge is -1.98. The molecule has 0 aliphatic rings. The maximum Gasteiger partial charge on any atom is 0.268 e. The third kappa shape index (κ3) is 1.43. The lowest BCUT2D eigenvalue weighted by atomic mass is 10.4. The molecule has 1 aromatic heterocycles. The van der Waals surface area contributed by atoms with Gasteiger partial charge in [-0.15, -0.1) is 0 Å². The minimum Gasteiger partial charge on any atom is -0.382 e. The summed E-state index contributed by atoms with van der Waals surface area (Å²) in [5, 5.41) is 0. The Bertz CT molecular complexity index is 297. The lowest BCUT2D eigenvalue weighted by molar-refractivity contribution is 0.0995. The van der Waals surface area contributed by atoms with Crippen molar-refractivity contribution < 1.29 is 4.79 Å². The van der Waals surface area contributed by atoms with Crippen LogP contribution in [0.3, 0.4) is 0 Å². The summed E-state index contributed by atoms with van der Waals surface area (Å²) in [5.41, 5.74) is 11.0. The average Bonchev–Trinajstić information content (AvgIpc) is 1.94. The van der Waals surface area contributed by atoms with Crippen LogP contribution in [0, 0.1) is 6.92 Å². The fourth-order valence-corrected chi connectivity index (χ4v) is 0.610. The Hall–Kier alpha value is -1.65. The summed E-state index contributed by atoms with van der Waals surface area (Å²) < 4.78 is 0. The molecule has 0 radical (unpaired) electrons. The fourth-order valence-electron chi connectivity index (χ4n) is 0.610. The van der Waals surface area contributed by atoms with Crippen LogP contribution in [0.4, 0.5) is 5.82 Å². The SMILES string of the molecule is Cc1nc(C(N)=O)cnc1N. The van der Waals surface area contributed by atoms with Gasteiger partial charge in [-0.1, -0.05) is 0 Å². The van der Waals surface area contributed by atoms with Gasteiger partial charge in [0, 0.05) is 0 Å². The summed E-state index contributed by atoms with van der Waals surface area (Å²) in [6.07, 6.45) is 1.25. The highest BCUT2D eigenvalue weighted by Crippen LogP contribution is 2.02. The molecule has 5 heteroatoms. The predicted octanol–water partition coefficient (Wildman–Crippen LogP) is -0.534. The van der Waals surface area contributed by atoms with E-state index in [0.717, 1.165) is 0 Å². The molecule has 58 valence electrons. The smallest absolute Gasteiger partial charge is 0.268 e. The number of nitrogen functional groups attached to an aromatic ring is 1. The lowest BCUT2D eigenvalue weighted by Crippen LogP contribution is -2.14. The topological polar surface area (TPSA) is 94.9 Å². The van der Waals surface area contributed by atoms with E-state index >= 15 is 0 Å². The molecule has 0 aliphatic carbocycles. The molecule has 4 N–H and O–H groups in total. The summed E-state index contributed by atoms with van der Waals surface area (Å²) in [6.45, 7) is 1.66. The number of carbonyl (C=O) groups excluding carboxylic acids is 1. The van der Waals surface area contributed by atoms with E-state index in [4.69, 9.17) is 11.5 Å². The Labute approximate surface area is 63.4 Å². The van der Waals surface area contributed by atoms with Crippen molar-refractivity contribution in [1.29, 1.82) is 0 Å². The number of hydrogen-bond donors (Lipinski definition) is 2. The highest BCUT2D eigenvalue weighted by atomic mass is 16.1. The Kier molecular flexibility index (Phi) is 1.72. The highest BCUT2D eigenvalue weighted by Gasteiger charge is 2.03. The van der Waals surface area contributed by atoms with Crippen LogP contribution in [0.15, 0.2) is 6.20 Å². The van der Waals surface area contributed by atoms with Gasteiger partial charge in [0.1, 0.15) is 11.5 Å². The monoisotopic (exact) mass is 152 g/mol. The van der Waals surface area contributed by atoms with E-state index in [1.165, 1.54) is 6.20 Å². The number of nitrogens with zero attached hydrogens (tertiary/aromatic N) is 2. The molecule has 0 aromatic carbocycles. The van der Waals surface area contributed by atoms with Crippen LogP contribution in [0.5, 0.6) is 0 Å². The van der Waals surface area contributed by atoms with E-state index in [0.29, 0.717) is 11.5 Å². The van der Waals surface area contributed by atoms with E-state index in [2.05, 4.69) is 9.97 Å². The summed E-state index contributed by atoms with van der Waals surface area (Å²) >= 11 is 0. The molecule has 0 fully saturated rings. The van der Waals surface area contributed by atoms with Gasteiger partial charge in [-0.25, -0.2) is 9.97 Å². The second-order valence-corrected chi connectivity index (χ2v) is 2.09. The van der Waals surface area contributed by atoms with Crippen molar-refractivity contribution in [3.05, 3.63) is 17.6 Å². The zero-order valence-corrected chi connectivity index (χ0v) is 6.03. The van der Waals surface area contributed by atoms with Gasteiger partial charge in [-0.05, 0) is 6.92 Å². The first kappa shape index (κ1) is 7.46. The number of carbonyl (C=O) groups is 1. The zero-order chi connectivity index (χ0) is 8.43.